The van der Waals surface area contributed by atoms with E-state index in [4.69, 9.17) is 0 Å². The van der Waals surface area contributed by atoms with E-state index in [1.807, 2.05) is 0 Å². The number of hydrogen-bond donors (Lipinski definition) is 0. The summed E-state index contributed by atoms with van der Waals surface area (Å²) >= 11 is 0. The number of rotatable bonds is 6. The molecule has 1 heterocycles. The standard InChI is InChI=1S/C35H56N2/c1-24-17-28(34(11,12)21-32(5,6)7)18-25(2)30(24)36-15-16-37(23-36)31-26(3)19-29(20-27(31)4)35(13,14)22-33(8,9)10/h17-20H,15-16,21-23H2,1-14H3. The molecule has 0 spiro atoms. The van der Waals surface area contributed by atoms with E-state index >= 15 is 0 Å². The highest BCUT2D eigenvalue weighted by molar-refractivity contribution is 5.67. The maximum absolute atomic E-state index is 2.60. The van der Waals surface area contributed by atoms with E-state index in [1.54, 1.807) is 0 Å². The Bertz CT molecular complexity index is 985. The van der Waals surface area contributed by atoms with Crippen LogP contribution < -0.4 is 9.80 Å². The van der Waals surface area contributed by atoms with Gasteiger partial charge in [0, 0.05) is 24.5 Å². The van der Waals surface area contributed by atoms with Crippen LogP contribution in [0.4, 0.5) is 11.4 Å². The lowest BCUT2D eigenvalue weighted by molar-refractivity contribution is 0.283. The first-order valence-corrected chi connectivity index (χ1v) is 14.4. The summed E-state index contributed by atoms with van der Waals surface area (Å²) in [4.78, 5) is 5.20. The van der Waals surface area contributed by atoms with Gasteiger partial charge in [0.1, 0.15) is 0 Å². The van der Waals surface area contributed by atoms with Crippen LogP contribution in [-0.2, 0) is 10.8 Å². The van der Waals surface area contributed by atoms with Gasteiger partial charge in [-0.25, -0.2) is 0 Å². The van der Waals surface area contributed by atoms with Gasteiger partial charge in [-0.15, -0.1) is 0 Å². The highest BCUT2D eigenvalue weighted by atomic mass is 15.4. The number of benzene rings is 2. The van der Waals surface area contributed by atoms with Crippen molar-refractivity contribution in [2.24, 2.45) is 10.8 Å². The second-order valence-electron chi connectivity index (χ2n) is 15.8. The maximum Gasteiger partial charge on any atom is 0.0904 e. The molecule has 0 aromatic heterocycles. The van der Waals surface area contributed by atoms with Gasteiger partial charge in [-0.3, -0.25) is 0 Å². The second-order valence-corrected chi connectivity index (χ2v) is 15.8. The molecule has 2 heteroatoms. The Morgan fingerprint density at radius 3 is 1.03 bits per heavy atom. The van der Waals surface area contributed by atoms with Crippen molar-refractivity contribution < 1.29 is 0 Å². The molecular formula is C35H56N2. The summed E-state index contributed by atoms with van der Waals surface area (Å²) in [5.41, 5.74) is 12.4. The van der Waals surface area contributed by atoms with Gasteiger partial charge in [-0.1, -0.05) is 93.5 Å². The van der Waals surface area contributed by atoms with Crippen molar-refractivity contribution in [2.75, 3.05) is 29.6 Å². The topological polar surface area (TPSA) is 6.48 Å². The van der Waals surface area contributed by atoms with E-state index in [9.17, 15) is 0 Å². The zero-order chi connectivity index (χ0) is 28.1. The molecule has 2 nitrogen and oxygen atoms in total. The van der Waals surface area contributed by atoms with Gasteiger partial charge in [0.15, 0.2) is 0 Å². The minimum absolute atomic E-state index is 0.167. The molecule has 0 radical (unpaired) electrons. The summed E-state index contributed by atoms with van der Waals surface area (Å²) in [5, 5.41) is 0. The monoisotopic (exact) mass is 504 g/mol. The molecule has 0 aliphatic carbocycles. The summed E-state index contributed by atoms with van der Waals surface area (Å²) in [6.45, 7) is 36.1. The Morgan fingerprint density at radius 1 is 0.514 bits per heavy atom. The molecule has 1 aliphatic rings. The van der Waals surface area contributed by atoms with Crippen molar-refractivity contribution in [1.82, 2.24) is 0 Å². The molecule has 0 amide bonds. The molecule has 37 heavy (non-hydrogen) atoms. The first-order valence-electron chi connectivity index (χ1n) is 14.4. The smallest absolute Gasteiger partial charge is 0.0904 e. The summed E-state index contributed by atoms with van der Waals surface area (Å²) < 4.78 is 0. The fourth-order valence-electron chi connectivity index (χ4n) is 7.50. The first-order chi connectivity index (χ1) is 16.7. The molecule has 0 unspecified atom stereocenters. The van der Waals surface area contributed by atoms with Crippen LogP contribution in [0.2, 0.25) is 0 Å². The van der Waals surface area contributed by atoms with Gasteiger partial charge in [0.25, 0.3) is 0 Å². The molecule has 0 N–H and O–H groups in total. The summed E-state index contributed by atoms with van der Waals surface area (Å²) in [6.07, 6.45) is 2.35. The molecule has 2 aromatic rings. The highest BCUT2D eigenvalue weighted by Gasteiger charge is 2.32. The fraction of sp³-hybridized carbons (Fsp3) is 0.657. The predicted octanol–water partition coefficient (Wildman–Crippen LogP) is 9.63. The molecule has 1 fully saturated rings. The summed E-state index contributed by atoms with van der Waals surface area (Å²) in [6, 6.07) is 9.83. The fourth-order valence-corrected chi connectivity index (χ4v) is 7.50. The Kier molecular flexibility index (Phi) is 7.98. The van der Waals surface area contributed by atoms with E-state index in [0.29, 0.717) is 10.8 Å². The van der Waals surface area contributed by atoms with Gasteiger partial charge in [-0.05, 0) is 95.6 Å². The summed E-state index contributed by atoms with van der Waals surface area (Å²) in [5.74, 6) is 0. The Morgan fingerprint density at radius 2 is 0.784 bits per heavy atom. The van der Waals surface area contributed by atoms with Crippen LogP contribution in [0.15, 0.2) is 24.3 Å². The zero-order valence-electron chi connectivity index (χ0n) is 26.7. The minimum atomic E-state index is 0.167. The van der Waals surface area contributed by atoms with Crippen molar-refractivity contribution in [2.45, 2.75) is 121 Å². The third-order valence-electron chi connectivity index (χ3n) is 8.10. The molecule has 0 bridgehead atoms. The van der Waals surface area contributed by atoms with Crippen molar-refractivity contribution in [3.05, 3.63) is 57.6 Å². The molecule has 1 aliphatic heterocycles. The van der Waals surface area contributed by atoms with Crippen LogP contribution in [0, 0.1) is 38.5 Å². The van der Waals surface area contributed by atoms with Crippen LogP contribution in [-0.4, -0.2) is 19.8 Å². The van der Waals surface area contributed by atoms with Crippen molar-refractivity contribution in [1.29, 1.82) is 0 Å². The molecule has 1 saturated heterocycles. The maximum atomic E-state index is 2.60. The Labute approximate surface area is 229 Å². The largest absolute Gasteiger partial charge is 0.352 e. The Balaban J connectivity index is 1.86. The van der Waals surface area contributed by atoms with Gasteiger partial charge >= 0.3 is 0 Å². The number of aryl methyl sites for hydroxylation is 4. The quantitative estimate of drug-likeness (QED) is 0.386. The second kappa shape index (κ2) is 9.97. The van der Waals surface area contributed by atoms with Crippen molar-refractivity contribution in [3.63, 3.8) is 0 Å². The Hall–Kier alpha value is -1.96. The molecule has 3 rings (SSSR count). The van der Waals surface area contributed by atoms with E-state index in [2.05, 4.69) is 131 Å². The van der Waals surface area contributed by atoms with E-state index in [1.165, 1.54) is 57.6 Å². The molecule has 206 valence electrons. The lowest BCUT2D eigenvalue weighted by Gasteiger charge is -2.35. The number of nitrogens with zero attached hydrogens (tertiary/aromatic N) is 2. The van der Waals surface area contributed by atoms with Crippen LogP contribution in [0.25, 0.3) is 0 Å². The average molecular weight is 505 g/mol. The molecule has 2 aromatic carbocycles. The third-order valence-corrected chi connectivity index (χ3v) is 8.10. The highest BCUT2D eigenvalue weighted by Crippen LogP contribution is 2.41. The van der Waals surface area contributed by atoms with Gasteiger partial charge in [0.05, 0.1) is 6.67 Å². The number of hydrogen-bond acceptors (Lipinski definition) is 2. The van der Waals surface area contributed by atoms with Crippen LogP contribution >= 0.6 is 0 Å². The minimum Gasteiger partial charge on any atom is -0.352 e. The van der Waals surface area contributed by atoms with Crippen LogP contribution in [0.5, 0.6) is 0 Å². The molecule has 0 saturated carbocycles. The van der Waals surface area contributed by atoms with Crippen LogP contribution in [0.3, 0.4) is 0 Å². The van der Waals surface area contributed by atoms with Gasteiger partial charge < -0.3 is 9.80 Å². The number of anilines is 2. The van der Waals surface area contributed by atoms with Gasteiger partial charge in [0.2, 0.25) is 0 Å². The predicted molar refractivity (Wildman–Crippen MR) is 166 cm³/mol. The SMILES string of the molecule is Cc1cc(C(C)(C)CC(C)(C)C)cc(C)c1N1CCN(c2c(C)cc(C(C)(C)CC(C)(C)C)cc2C)C1. The molecule has 0 atom stereocenters. The van der Waals surface area contributed by atoms with E-state index in [-0.39, 0.29) is 10.8 Å². The summed E-state index contributed by atoms with van der Waals surface area (Å²) in [7, 11) is 0. The average Bonchev–Trinajstić information content (AvgIpc) is 3.12. The van der Waals surface area contributed by atoms with Crippen molar-refractivity contribution >= 4 is 11.4 Å². The lowest BCUT2D eigenvalue weighted by Crippen LogP contribution is -2.29. The zero-order valence-corrected chi connectivity index (χ0v) is 26.7. The van der Waals surface area contributed by atoms with E-state index in [0.717, 1.165) is 19.8 Å². The third kappa shape index (κ3) is 6.92. The van der Waals surface area contributed by atoms with Gasteiger partial charge in [-0.2, -0.15) is 0 Å². The normalized spacial score (nSPS) is 15.6. The van der Waals surface area contributed by atoms with Crippen molar-refractivity contribution in [3.8, 4) is 0 Å². The lowest BCUT2D eigenvalue weighted by atomic mass is 9.71. The van der Waals surface area contributed by atoms with Crippen LogP contribution in [0.1, 0.15) is 115 Å². The van der Waals surface area contributed by atoms with E-state index < -0.39 is 0 Å². The molecular weight excluding hydrogens is 448 g/mol. The first kappa shape index (κ1) is 29.6.